The van der Waals surface area contributed by atoms with Crippen molar-refractivity contribution in [2.24, 2.45) is 0 Å². The number of carbonyl (C=O) groups is 3. The normalized spacial score (nSPS) is 9.86. The van der Waals surface area contributed by atoms with Crippen molar-refractivity contribution in [3.63, 3.8) is 0 Å². The lowest BCUT2D eigenvalue weighted by Crippen LogP contribution is -2.35. The second-order valence-corrected chi connectivity index (χ2v) is 4.52. The van der Waals surface area contributed by atoms with E-state index in [1.165, 1.54) is 0 Å². The number of esters is 1. The monoisotopic (exact) mass is 308 g/mol. The van der Waals surface area contributed by atoms with Crippen molar-refractivity contribution in [1.29, 1.82) is 0 Å². The highest BCUT2D eigenvalue weighted by Crippen LogP contribution is 2.06. The summed E-state index contributed by atoms with van der Waals surface area (Å²) in [6.45, 7) is 2.68. The van der Waals surface area contributed by atoms with Crippen molar-refractivity contribution < 1.29 is 24.2 Å². The summed E-state index contributed by atoms with van der Waals surface area (Å²) in [4.78, 5) is 33.3. The summed E-state index contributed by atoms with van der Waals surface area (Å²) in [5.74, 6) is -1.26. The molecule has 2 amide bonds. The summed E-state index contributed by atoms with van der Waals surface area (Å²) in [5.41, 5.74) is 1.30. The van der Waals surface area contributed by atoms with Crippen molar-refractivity contribution in [2.75, 3.05) is 13.2 Å². The Hall–Kier alpha value is -2.57. The molecule has 0 spiro atoms. The Morgan fingerprint density at radius 3 is 2.41 bits per heavy atom. The molecule has 0 atom stereocenters. The van der Waals surface area contributed by atoms with Gasteiger partial charge in [-0.05, 0) is 31.0 Å². The molecule has 0 saturated heterocycles. The van der Waals surface area contributed by atoms with Gasteiger partial charge in [0.2, 0.25) is 0 Å². The van der Waals surface area contributed by atoms with Crippen LogP contribution in [0.4, 0.5) is 4.79 Å². The van der Waals surface area contributed by atoms with Gasteiger partial charge in [0, 0.05) is 19.5 Å². The zero-order chi connectivity index (χ0) is 16.4. The third-order valence-electron chi connectivity index (χ3n) is 2.77. The van der Waals surface area contributed by atoms with Crippen LogP contribution in [0.25, 0.3) is 0 Å². The molecule has 0 heterocycles. The minimum atomic E-state index is -0.885. The van der Waals surface area contributed by atoms with Gasteiger partial charge < -0.3 is 20.5 Å². The van der Waals surface area contributed by atoms with Gasteiger partial charge in [0.15, 0.2) is 0 Å². The van der Waals surface area contributed by atoms with E-state index < -0.39 is 5.97 Å². The maximum Gasteiger partial charge on any atom is 0.338 e. The van der Waals surface area contributed by atoms with Gasteiger partial charge in [0.1, 0.15) is 0 Å². The first-order valence-corrected chi connectivity index (χ1v) is 7.02. The average Bonchev–Trinajstić information content (AvgIpc) is 2.50. The van der Waals surface area contributed by atoms with Crippen molar-refractivity contribution in [2.45, 2.75) is 26.3 Å². The number of carboxylic acids is 1. The summed E-state index contributed by atoms with van der Waals surface area (Å²) in [7, 11) is 0. The molecule has 0 unspecified atom stereocenters. The Labute approximate surface area is 128 Å². The molecule has 7 heteroatoms. The van der Waals surface area contributed by atoms with Crippen molar-refractivity contribution in [1.82, 2.24) is 10.6 Å². The predicted octanol–water partition coefficient (Wildman–Crippen LogP) is 1.53. The number of amides is 2. The van der Waals surface area contributed by atoms with Gasteiger partial charge in [-0.25, -0.2) is 9.59 Å². The van der Waals surface area contributed by atoms with E-state index in [1.807, 2.05) is 0 Å². The van der Waals surface area contributed by atoms with E-state index in [4.69, 9.17) is 9.84 Å². The van der Waals surface area contributed by atoms with E-state index in [2.05, 4.69) is 10.6 Å². The molecule has 0 bridgehead atoms. The highest BCUT2D eigenvalue weighted by molar-refractivity contribution is 5.89. The fraction of sp³-hybridized carbons (Fsp3) is 0.400. The second-order valence-electron chi connectivity index (χ2n) is 4.52. The number of ether oxygens (including phenoxy) is 1. The van der Waals surface area contributed by atoms with Crippen LogP contribution in [-0.2, 0) is 16.1 Å². The molecule has 22 heavy (non-hydrogen) atoms. The molecule has 0 aliphatic rings. The summed E-state index contributed by atoms with van der Waals surface area (Å²) in [5, 5.41) is 13.7. The summed E-state index contributed by atoms with van der Waals surface area (Å²) in [6, 6.07) is 6.38. The minimum absolute atomic E-state index is 0.0234. The predicted molar refractivity (Wildman–Crippen MR) is 79.5 cm³/mol. The first-order valence-electron chi connectivity index (χ1n) is 7.02. The Morgan fingerprint density at radius 1 is 1.14 bits per heavy atom. The molecule has 7 nitrogen and oxygen atoms in total. The van der Waals surface area contributed by atoms with Gasteiger partial charge in [0.05, 0.1) is 12.2 Å². The smallest absolute Gasteiger partial charge is 0.338 e. The van der Waals surface area contributed by atoms with Crippen molar-refractivity contribution in [3.05, 3.63) is 35.4 Å². The lowest BCUT2D eigenvalue weighted by atomic mass is 10.1. The summed E-state index contributed by atoms with van der Waals surface area (Å²) < 4.78 is 4.88. The van der Waals surface area contributed by atoms with Gasteiger partial charge >= 0.3 is 18.0 Å². The van der Waals surface area contributed by atoms with Gasteiger partial charge in [-0.3, -0.25) is 4.79 Å². The van der Waals surface area contributed by atoms with Gasteiger partial charge in [-0.2, -0.15) is 0 Å². The van der Waals surface area contributed by atoms with Crippen LogP contribution < -0.4 is 10.6 Å². The van der Waals surface area contributed by atoms with Crippen LogP contribution >= 0.6 is 0 Å². The third kappa shape index (κ3) is 6.74. The Kier molecular flexibility index (Phi) is 7.45. The molecule has 0 aromatic heterocycles. The Bertz CT molecular complexity index is 513. The number of hydrogen-bond acceptors (Lipinski definition) is 4. The quantitative estimate of drug-likeness (QED) is 0.499. The molecule has 0 saturated carbocycles. The third-order valence-corrected chi connectivity index (χ3v) is 2.77. The van der Waals surface area contributed by atoms with Crippen LogP contribution in [0.1, 0.15) is 35.7 Å². The van der Waals surface area contributed by atoms with Crippen LogP contribution in [0, 0.1) is 0 Å². The molecule has 120 valence electrons. The zero-order valence-electron chi connectivity index (χ0n) is 12.4. The number of nitrogens with one attached hydrogen (secondary N) is 2. The highest BCUT2D eigenvalue weighted by Gasteiger charge is 2.06. The summed E-state index contributed by atoms with van der Waals surface area (Å²) in [6.07, 6.45) is 0.409. The molecule has 0 aliphatic carbocycles. The number of urea groups is 1. The molecular formula is C15H20N2O5. The van der Waals surface area contributed by atoms with E-state index in [0.717, 1.165) is 5.56 Å². The molecule has 0 radical (unpaired) electrons. The largest absolute Gasteiger partial charge is 0.481 e. The van der Waals surface area contributed by atoms with E-state index in [1.54, 1.807) is 31.2 Å². The number of benzene rings is 1. The first kappa shape index (κ1) is 17.5. The van der Waals surface area contributed by atoms with E-state index >= 15 is 0 Å². The fourth-order valence-corrected chi connectivity index (χ4v) is 1.66. The molecule has 1 aromatic carbocycles. The maximum absolute atomic E-state index is 11.5. The maximum atomic E-state index is 11.5. The van der Waals surface area contributed by atoms with Gasteiger partial charge in [0.25, 0.3) is 0 Å². The SMILES string of the molecule is CCOC(=O)c1ccc(CNC(=O)NCCCC(=O)O)cc1. The van der Waals surface area contributed by atoms with Gasteiger partial charge in [-0.1, -0.05) is 12.1 Å². The van der Waals surface area contributed by atoms with Crippen LogP contribution in [0.2, 0.25) is 0 Å². The average molecular weight is 308 g/mol. The lowest BCUT2D eigenvalue weighted by molar-refractivity contribution is -0.137. The van der Waals surface area contributed by atoms with Crippen LogP contribution in [0.5, 0.6) is 0 Å². The van der Waals surface area contributed by atoms with E-state index in [0.29, 0.717) is 31.7 Å². The standard InChI is InChI=1S/C15H20N2O5/c1-2-22-14(20)12-7-5-11(6-8-12)10-17-15(21)16-9-3-4-13(18)19/h5-8H,2-4,9-10H2,1H3,(H,18,19)(H2,16,17,21). The number of carbonyl (C=O) groups excluding carboxylic acids is 2. The van der Waals surface area contributed by atoms with Crippen molar-refractivity contribution >= 4 is 18.0 Å². The molecule has 1 rings (SSSR count). The van der Waals surface area contributed by atoms with Crippen LogP contribution in [0.3, 0.4) is 0 Å². The highest BCUT2D eigenvalue weighted by atomic mass is 16.5. The van der Waals surface area contributed by atoms with E-state index in [-0.39, 0.29) is 18.4 Å². The zero-order valence-corrected chi connectivity index (χ0v) is 12.4. The van der Waals surface area contributed by atoms with E-state index in [9.17, 15) is 14.4 Å². The molecule has 1 aromatic rings. The first-order chi connectivity index (χ1) is 10.5. The van der Waals surface area contributed by atoms with Crippen LogP contribution in [0.15, 0.2) is 24.3 Å². The fourth-order valence-electron chi connectivity index (χ4n) is 1.66. The molecular weight excluding hydrogens is 288 g/mol. The number of hydrogen-bond donors (Lipinski definition) is 3. The Morgan fingerprint density at radius 2 is 1.82 bits per heavy atom. The second kappa shape index (κ2) is 9.38. The summed E-state index contributed by atoms with van der Waals surface area (Å²) >= 11 is 0. The Balaban J connectivity index is 2.31. The molecule has 0 aliphatic heterocycles. The topological polar surface area (TPSA) is 105 Å². The minimum Gasteiger partial charge on any atom is -0.481 e. The molecule has 3 N–H and O–H groups in total. The molecule has 0 fully saturated rings. The lowest BCUT2D eigenvalue weighted by Gasteiger charge is -2.08. The van der Waals surface area contributed by atoms with Gasteiger partial charge in [-0.15, -0.1) is 0 Å². The number of carboxylic acid groups (broad SMARTS) is 1. The number of rotatable bonds is 8. The van der Waals surface area contributed by atoms with Crippen molar-refractivity contribution in [3.8, 4) is 0 Å². The number of aliphatic carboxylic acids is 1. The van der Waals surface area contributed by atoms with Crippen LogP contribution in [-0.4, -0.2) is 36.2 Å².